The second kappa shape index (κ2) is 7.81. The third-order valence-corrected chi connectivity index (χ3v) is 3.64. The normalized spacial score (nSPS) is 13.8. The molecule has 112 valence electrons. The molecule has 3 nitrogen and oxygen atoms in total. The summed E-state index contributed by atoms with van der Waals surface area (Å²) in [5, 5.41) is 23.0. The van der Waals surface area contributed by atoms with Crippen LogP contribution in [0.3, 0.4) is 0 Å². The van der Waals surface area contributed by atoms with Gasteiger partial charge < -0.3 is 15.5 Å². The largest absolute Gasteiger partial charge is 0.508 e. The zero-order chi connectivity index (χ0) is 15.1. The zero-order valence-corrected chi connectivity index (χ0v) is 12.4. The number of benzene rings is 2. The van der Waals surface area contributed by atoms with Gasteiger partial charge in [0.15, 0.2) is 0 Å². The predicted octanol–water partition coefficient (Wildman–Crippen LogP) is 3.04. The van der Waals surface area contributed by atoms with E-state index in [2.05, 4.69) is 29.6 Å². The molecule has 0 aromatic heterocycles. The summed E-state index contributed by atoms with van der Waals surface area (Å²) in [4.78, 5) is 0. The van der Waals surface area contributed by atoms with Crippen LogP contribution in [0.1, 0.15) is 30.6 Å². The topological polar surface area (TPSA) is 52.5 Å². The molecule has 0 radical (unpaired) electrons. The maximum Gasteiger partial charge on any atom is 0.115 e. The Morgan fingerprint density at radius 1 is 1.05 bits per heavy atom. The molecule has 0 aliphatic carbocycles. The highest BCUT2D eigenvalue weighted by Crippen LogP contribution is 2.20. The van der Waals surface area contributed by atoms with Crippen LogP contribution in [0.15, 0.2) is 54.6 Å². The lowest BCUT2D eigenvalue weighted by molar-refractivity contribution is 0.136. The minimum atomic E-state index is -0.617. The molecule has 0 saturated carbocycles. The number of hydrogen-bond donors (Lipinski definition) is 3. The van der Waals surface area contributed by atoms with Crippen molar-refractivity contribution in [1.29, 1.82) is 0 Å². The first-order valence-corrected chi connectivity index (χ1v) is 7.41. The summed E-state index contributed by atoms with van der Waals surface area (Å²) in [5.41, 5.74) is 2.07. The van der Waals surface area contributed by atoms with Crippen LogP contribution in [-0.2, 0) is 6.42 Å². The number of aromatic hydroxyl groups is 1. The third kappa shape index (κ3) is 4.88. The van der Waals surface area contributed by atoms with E-state index in [1.165, 1.54) is 5.56 Å². The molecule has 0 bridgehead atoms. The number of aryl methyl sites for hydroxylation is 1. The van der Waals surface area contributed by atoms with Crippen molar-refractivity contribution in [3.8, 4) is 5.75 Å². The molecular formula is C18H23NO2. The fraction of sp³-hybridized carbons (Fsp3) is 0.333. The minimum Gasteiger partial charge on any atom is -0.508 e. The quantitative estimate of drug-likeness (QED) is 0.685. The lowest BCUT2D eigenvalue weighted by atomic mass is 10.0. The van der Waals surface area contributed by atoms with E-state index >= 15 is 0 Å². The molecule has 0 fully saturated rings. The first-order chi connectivity index (χ1) is 10.2. The Bertz CT molecular complexity index is 542. The van der Waals surface area contributed by atoms with Crippen molar-refractivity contribution in [3.05, 3.63) is 65.7 Å². The lowest BCUT2D eigenvalue weighted by Crippen LogP contribution is -2.33. The number of rotatable bonds is 7. The number of phenols is 1. The molecule has 0 amide bonds. The standard InChI is InChI=1S/C18H23NO2/c1-14(18(21)16-10-5-11-17(20)13-16)19-12-6-9-15-7-3-2-4-8-15/h2-5,7-8,10-11,13-14,18-21H,6,9,12H2,1H3. The van der Waals surface area contributed by atoms with Gasteiger partial charge in [-0.05, 0) is 49.6 Å². The molecule has 3 heteroatoms. The first kappa shape index (κ1) is 15.5. The molecule has 0 saturated heterocycles. The molecule has 2 aromatic carbocycles. The molecule has 0 heterocycles. The van der Waals surface area contributed by atoms with E-state index in [9.17, 15) is 10.2 Å². The highest BCUT2D eigenvalue weighted by atomic mass is 16.3. The van der Waals surface area contributed by atoms with E-state index < -0.39 is 6.10 Å². The minimum absolute atomic E-state index is 0.0532. The number of hydrogen-bond acceptors (Lipinski definition) is 3. The number of nitrogens with one attached hydrogen (secondary N) is 1. The SMILES string of the molecule is CC(NCCCc1ccccc1)C(O)c1cccc(O)c1. The average molecular weight is 285 g/mol. The maximum absolute atomic E-state index is 10.3. The monoisotopic (exact) mass is 285 g/mol. The zero-order valence-electron chi connectivity index (χ0n) is 12.4. The van der Waals surface area contributed by atoms with Crippen LogP contribution in [0.25, 0.3) is 0 Å². The second-order valence-electron chi connectivity index (χ2n) is 5.37. The van der Waals surface area contributed by atoms with Gasteiger partial charge in [-0.2, -0.15) is 0 Å². The van der Waals surface area contributed by atoms with E-state index in [1.807, 2.05) is 19.1 Å². The highest BCUT2D eigenvalue weighted by Gasteiger charge is 2.15. The van der Waals surface area contributed by atoms with Gasteiger partial charge in [0.2, 0.25) is 0 Å². The lowest BCUT2D eigenvalue weighted by Gasteiger charge is -2.20. The Balaban J connectivity index is 1.75. The van der Waals surface area contributed by atoms with Gasteiger partial charge in [-0.25, -0.2) is 0 Å². The van der Waals surface area contributed by atoms with Gasteiger partial charge in [0.05, 0.1) is 6.10 Å². The molecule has 0 aliphatic heterocycles. The van der Waals surface area contributed by atoms with Crippen molar-refractivity contribution in [2.24, 2.45) is 0 Å². The summed E-state index contributed by atoms with van der Waals surface area (Å²) in [7, 11) is 0. The van der Waals surface area contributed by atoms with E-state index in [-0.39, 0.29) is 11.8 Å². The molecule has 0 spiro atoms. The Hall–Kier alpha value is -1.84. The van der Waals surface area contributed by atoms with Gasteiger partial charge in [0.25, 0.3) is 0 Å². The number of aliphatic hydroxyl groups excluding tert-OH is 1. The van der Waals surface area contributed by atoms with Crippen LogP contribution in [0.4, 0.5) is 0 Å². The van der Waals surface area contributed by atoms with Crippen LogP contribution in [-0.4, -0.2) is 22.8 Å². The van der Waals surface area contributed by atoms with Crippen molar-refractivity contribution in [2.45, 2.75) is 31.9 Å². The first-order valence-electron chi connectivity index (χ1n) is 7.41. The average Bonchev–Trinajstić information content (AvgIpc) is 2.51. The van der Waals surface area contributed by atoms with E-state index in [1.54, 1.807) is 18.2 Å². The summed E-state index contributed by atoms with van der Waals surface area (Å²) in [6.45, 7) is 2.81. The van der Waals surface area contributed by atoms with Crippen LogP contribution >= 0.6 is 0 Å². The summed E-state index contributed by atoms with van der Waals surface area (Å²) in [6, 6.07) is 17.1. The van der Waals surface area contributed by atoms with Crippen LogP contribution in [0.5, 0.6) is 5.75 Å². The van der Waals surface area contributed by atoms with Crippen LogP contribution in [0.2, 0.25) is 0 Å². The van der Waals surface area contributed by atoms with Crippen molar-refractivity contribution < 1.29 is 10.2 Å². The molecule has 2 unspecified atom stereocenters. The van der Waals surface area contributed by atoms with Gasteiger partial charge in [-0.3, -0.25) is 0 Å². The summed E-state index contributed by atoms with van der Waals surface area (Å²) in [5.74, 6) is 0.183. The van der Waals surface area contributed by atoms with Crippen molar-refractivity contribution in [3.63, 3.8) is 0 Å². The maximum atomic E-state index is 10.3. The summed E-state index contributed by atoms with van der Waals surface area (Å²) < 4.78 is 0. The van der Waals surface area contributed by atoms with Crippen molar-refractivity contribution in [2.75, 3.05) is 6.54 Å². The predicted molar refractivity (Wildman–Crippen MR) is 85.3 cm³/mol. The Morgan fingerprint density at radius 2 is 1.81 bits per heavy atom. The van der Waals surface area contributed by atoms with Crippen LogP contribution in [0, 0.1) is 0 Å². The van der Waals surface area contributed by atoms with Gasteiger partial charge >= 0.3 is 0 Å². The second-order valence-corrected chi connectivity index (χ2v) is 5.37. The van der Waals surface area contributed by atoms with Gasteiger partial charge in [-0.1, -0.05) is 42.5 Å². The van der Waals surface area contributed by atoms with Crippen molar-refractivity contribution in [1.82, 2.24) is 5.32 Å². The summed E-state index contributed by atoms with van der Waals surface area (Å²) >= 11 is 0. The van der Waals surface area contributed by atoms with E-state index in [0.717, 1.165) is 24.9 Å². The summed E-state index contributed by atoms with van der Waals surface area (Å²) in [6.07, 6.45) is 1.44. The van der Waals surface area contributed by atoms with E-state index in [4.69, 9.17) is 0 Å². The smallest absolute Gasteiger partial charge is 0.115 e. The van der Waals surface area contributed by atoms with Gasteiger partial charge in [-0.15, -0.1) is 0 Å². The fourth-order valence-electron chi connectivity index (χ4n) is 2.38. The van der Waals surface area contributed by atoms with Crippen LogP contribution < -0.4 is 5.32 Å². The highest BCUT2D eigenvalue weighted by molar-refractivity contribution is 5.29. The molecule has 0 aliphatic rings. The van der Waals surface area contributed by atoms with E-state index in [0.29, 0.717) is 0 Å². The van der Waals surface area contributed by atoms with Gasteiger partial charge in [0.1, 0.15) is 5.75 Å². The third-order valence-electron chi connectivity index (χ3n) is 3.64. The fourth-order valence-corrected chi connectivity index (χ4v) is 2.38. The molecule has 3 N–H and O–H groups in total. The molecule has 21 heavy (non-hydrogen) atoms. The van der Waals surface area contributed by atoms with Crippen molar-refractivity contribution >= 4 is 0 Å². The number of phenolic OH excluding ortho intramolecular Hbond substituents is 1. The Kier molecular flexibility index (Phi) is 5.78. The molecule has 2 aromatic rings. The van der Waals surface area contributed by atoms with Gasteiger partial charge in [0, 0.05) is 6.04 Å². The number of aliphatic hydroxyl groups is 1. The molecule has 2 atom stereocenters. The Labute approximate surface area is 126 Å². The molecular weight excluding hydrogens is 262 g/mol. The Morgan fingerprint density at radius 3 is 2.52 bits per heavy atom. The molecule has 2 rings (SSSR count).